The zero-order chi connectivity index (χ0) is 22.6. The SMILES string of the molecule is CC1(C)CCC(CCCNc2cccc(S(=O)(=O)NC(=O)c3ccc(Cl)nc3Cl)n2)N1. The van der Waals surface area contributed by atoms with E-state index in [9.17, 15) is 13.2 Å². The quantitative estimate of drug-likeness (QED) is 0.386. The fourth-order valence-corrected chi connectivity index (χ4v) is 4.85. The molecule has 1 aliphatic heterocycles. The van der Waals surface area contributed by atoms with E-state index in [1.807, 2.05) is 4.72 Å². The molecule has 1 amide bonds. The minimum absolute atomic E-state index is 0.0947. The van der Waals surface area contributed by atoms with Crippen LogP contribution in [0.25, 0.3) is 0 Å². The number of carbonyl (C=O) groups excluding carboxylic acids is 1. The van der Waals surface area contributed by atoms with Crippen molar-refractivity contribution in [1.82, 2.24) is 20.0 Å². The largest absolute Gasteiger partial charge is 0.370 e. The number of nitrogens with zero attached hydrogens (tertiary/aromatic N) is 2. The molecule has 0 aliphatic carbocycles. The molecule has 1 saturated heterocycles. The van der Waals surface area contributed by atoms with E-state index in [1.165, 1.54) is 18.2 Å². The summed E-state index contributed by atoms with van der Waals surface area (Å²) in [4.78, 5) is 20.2. The Labute approximate surface area is 192 Å². The molecule has 3 heterocycles. The topological polar surface area (TPSA) is 113 Å². The molecular formula is C20H25Cl2N5O3S. The standard InChI is InChI=1S/C20H25Cl2N5O3S/c1-20(2)11-10-13(26-20)5-4-12-23-16-6-3-7-17(25-16)31(29,30)27-19(28)14-8-9-15(21)24-18(14)22/h3,6-9,13,26H,4-5,10-12H2,1-2H3,(H,23,25)(H,27,28). The molecule has 2 aromatic heterocycles. The average molecular weight is 486 g/mol. The lowest BCUT2D eigenvalue weighted by Gasteiger charge is -2.20. The van der Waals surface area contributed by atoms with Crippen molar-refractivity contribution >= 4 is 45.0 Å². The van der Waals surface area contributed by atoms with Gasteiger partial charge in [0.15, 0.2) is 5.03 Å². The number of anilines is 1. The molecule has 2 aromatic rings. The molecule has 0 spiro atoms. The molecular weight excluding hydrogens is 461 g/mol. The van der Waals surface area contributed by atoms with Crippen LogP contribution in [-0.4, -0.2) is 42.4 Å². The van der Waals surface area contributed by atoms with Crippen LogP contribution in [0, 0.1) is 0 Å². The van der Waals surface area contributed by atoms with Gasteiger partial charge in [-0.1, -0.05) is 29.3 Å². The number of halogens is 2. The third-order valence-electron chi connectivity index (χ3n) is 5.03. The van der Waals surface area contributed by atoms with Crippen molar-refractivity contribution < 1.29 is 13.2 Å². The van der Waals surface area contributed by atoms with Gasteiger partial charge in [0.1, 0.15) is 16.1 Å². The summed E-state index contributed by atoms with van der Waals surface area (Å²) in [5, 5.41) is 6.38. The Bertz CT molecular complexity index is 1060. The van der Waals surface area contributed by atoms with Gasteiger partial charge in [-0.3, -0.25) is 4.79 Å². The number of amides is 1. The number of sulfonamides is 1. The Hall–Kier alpha value is -1.94. The summed E-state index contributed by atoms with van der Waals surface area (Å²) in [6, 6.07) is 7.70. The summed E-state index contributed by atoms with van der Waals surface area (Å²) in [5.74, 6) is -0.498. The van der Waals surface area contributed by atoms with E-state index in [1.54, 1.807) is 12.1 Å². The first-order valence-corrected chi connectivity index (χ1v) is 12.2. The van der Waals surface area contributed by atoms with Gasteiger partial charge in [-0.15, -0.1) is 0 Å². The minimum atomic E-state index is -4.19. The molecule has 1 fully saturated rings. The maximum atomic E-state index is 12.6. The van der Waals surface area contributed by atoms with Gasteiger partial charge in [0.2, 0.25) is 0 Å². The fourth-order valence-electron chi connectivity index (χ4n) is 3.49. The second-order valence-electron chi connectivity index (χ2n) is 8.10. The van der Waals surface area contributed by atoms with Gasteiger partial charge in [0.25, 0.3) is 15.9 Å². The van der Waals surface area contributed by atoms with Gasteiger partial charge in [-0.05, 0) is 63.8 Å². The normalized spacial score (nSPS) is 18.0. The predicted octanol–water partition coefficient (Wildman–Crippen LogP) is 3.62. The van der Waals surface area contributed by atoms with Gasteiger partial charge in [-0.2, -0.15) is 8.42 Å². The third-order valence-corrected chi connectivity index (χ3v) is 6.76. The molecule has 0 radical (unpaired) electrons. The van der Waals surface area contributed by atoms with Crippen molar-refractivity contribution in [3.05, 3.63) is 46.2 Å². The lowest BCUT2D eigenvalue weighted by Crippen LogP contribution is -2.37. The van der Waals surface area contributed by atoms with Gasteiger partial charge >= 0.3 is 0 Å². The van der Waals surface area contributed by atoms with Crippen molar-refractivity contribution in [2.45, 2.75) is 56.1 Å². The molecule has 0 saturated carbocycles. The minimum Gasteiger partial charge on any atom is -0.370 e. The number of hydrogen-bond acceptors (Lipinski definition) is 7. The van der Waals surface area contributed by atoms with E-state index >= 15 is 0 Å². The predicted molar refractivity (Wildman–Crippen MR) is 121 cm³/mol. The highest BCUT2D eigenvalue weighted by Crippen LogP contribution is 2.24. The third kappa shape index (κ3) is 6.52. The first-order valence-electron chi connectivity index (χ1n) is 9.94. The summed E-state index contributed by atoms with van der Waals surface area (Å²) in [6.45, 7) is 5.07. The van der Waals surface area contributed by atoms with Crippen molar-refractivity contribution in [2.24, 2.45) is 0 Å². The number of aromatic nitrogens is 2. The Morgan fingerprint density at radius 1 is 1.23 bits per heavy atom. The average Bonchev–Trinajstić information content (AvgIpc) is 3.03. The highest BCUT2D eigenvalue weighted by molar-refractivity contribution is 7.90. The second-order valence-corrected chi connectivity index (χ2v) is 10.5. The van der Waals surface area contributed by atoms with E-state index in [4.69, 9.17) is 23.2 Å². The van der Waals surface area contributed by atoms with Crippen LogP contribution in [0.4, 0.5) is 5.82 Å². The fraction of sp³-hybridized carbons (Fsp3) is 0.450. The second kappa shape index (κ2) is 9.68. The van der Waals surface area contributed by atoms with E-state index in [2.05, 4.69) is 34.4 Å². The summed E-state index contributed by atoms with van der Waals surface area (Å²) in [5.41, 5.74) is 0.0895. The Morgan fingerprint density at radius 2 is 2.00 bits per heavy atom. The zero-order valence-electron chi connectivity index (χ0n) is 17.3. The summed E-state index contributed by atoms with van der Waals surface area (Å²) in [7, 11) is -4.19. The van der Waals surface area contributed by atoms with Crippen LogP contribution in [0.1, 0.15) is 49.9 Å². The van der Waals surface area contributed by atoms with Gasteiger partial charge in [-0.25, -0.2) is 14.7 Å². The molecule has 31 heavy (non-hydrogen) atoms. The lowest BCUT2D eigenvalue weighted by atomic mass is 10.0. The van der Waals surface area contributed by atoms with Gasteiger partial charge in [0, 0.05) is 18.1 Å². The highest BCUT2D eigenvalue weighted by Gasteiger charge is 2.29. The van der Waals surface area contributed by atoms with Crippen LogP contribution in [0.3, 0.4) is 0 Å². The maximum Gasteiger partial charge on any atom is 0.281 e. The van der Waals surface area contributed by atoms with E-state index in [0.717, 1.165) is 25.7 Å². The number of carbonyl (C=O) groups is 1. The van der Waals surface area contributed by atoms with Crippen molar-refractivity contribution in [1.29, 1.82) is 0 Å². The molecule has 0 bridgehead atoms. The van der Waals surface area contributed by atoms with Gasteiger partial charge < -0.3 is 10.6 Å². The van der Waals surface area contributed by atoms with Crippen LogP contribution in [0.2, 0.25) is 10.3 Å². The smallest absolute Gasteiger partial charge is 0.281 e. The van der Waals surface area contributed by atoms with E-state index in [-0.39, 0.29) is 26.4 Å². The van der Waals surface area contributed by atoms with Crippen LogP contribution >= 0.6 is 23.2 Å². The first-order chi connectivity index (χ1) is 14.6. The molecule has 3 N–H and O–H groups in total. The first kappa shape index (κ1) is 23.7. The number of pyridine rings is 2. The monoisotopic (exact) mass is 485 g/mol. The molecule has 8 nitrogen and oxygen atoms in total. The van der Waals surface area contributed by atoms with Crippen molar-refractivity contribution in [3.63, 3.8) is 0 Å². The van der Waals surface area contributed by atoms with Crippen LogP contribution < -0.4 is 15.4 Å². The van der Waals surface area contributed by atoms with Crippen LogP contribution in [-0.2, 0) is 10.0 Å². The number of nitrogens with one attached hydrogen (secondary N) is 3. The molecule has 11 heteroatoms. The van der Waals surface area contributed by atoms with Gasteiger partial charge in [0.05, 0.1) is 5.56 Å². The molecule has 1 unspecified atom stereocenters. The summed E-state index contributed by atoms with van der Waals surface area (Å²) < 4.78 is 27.1. The Kier molecular flexibility index (Phi) is 7.41. The summed E-state index contributed by atoms with van der Waals surface area (Å²) >= 11 is 11.6. The van der Waals surface area contributed by atoms with Crippen LogP contribution in [0.5, 0.6) is 0 Å². The summed E-state index contributed by atoms with van der Waals surface area (Å²) in [6.07, 6.45) is 4.27. The number of hydrogen-bond donors (Lipinski definition) is 3. The van der Waals surface area contributed by atoms with Crippen molar-refractivity contribution in [2.75, 3.05) is 11.9 Å². The Morgan fingerprint density at radius 3 is 2.68 bits per heavy atom. The maximum absolute atomic E-state index is 12.6. The molecule has 0 aromatic carbocycles. The molecule has 1 aliphatic rings. The Balaban J connectivity index is 1.57. The zero-order valence-corrected chi connectivity index (χ0v) is 19.6. The van der Waals surface area contributed by atoms with Crippen molar-refractivity contribution in [3.8, 4) is 0 Å². The molecule has 3 rings (SSSR count). The van der Waals surface area contributed by atoms with E-state index in [0.29, 0.717) is 18.4 Å². The van der Waals surface area contributed by atoms with E-state index < -0.39 is 15.9 Å². The molecule has 1 atom stereocenters. The number of rotatable bonds is 8. The highest BCUT2D eigenvalue weighted by atomic mass is 35.5. The van der Waals surface area contributed by atoms with Crippen LogP contribution in [0.15, 0.2) is 35.4 Å². The molecule has 168 valence electrons. The lowest BCUT2D eigenvalue weighted by molar-refractivity contribution is 0.0981.